The molecule has 2 N–H and O–H groups in total. The molecule has 116 valence electrons. The molecule has 1 amide bonds. The van der Waals surface area contributed by atoms with Gasteiger partial charge in [-0.15, -0.1) is 0 Å². The molecule has 0 unspecified atom stereocenters. The van der Waals surface area contributed by atoms with Crippen molar-refractivity contribution in [1.29, 1.82) is 0 Å². The molecule has 1 aliphatic heterocycles. The van der Waals surface area contributed by atoms with Gasteiger partial charge in [0.1, 0.15) is 0 Å². The van der Waals surface area contributed by atoms with Gasteiger partial charge in [0.05, 0.1) is 17.5 Å². The third-order valence-electron chi connectivity index (χ3n) is 3.66. The molecular weight excluding hydrogens is 292 g/mol. The Labute approximate surface area is 124 Å². The highest BCUT2D eigenvalue weighted by atomic mass is 32.2. The van der Waals surface area contributed by atoms with Gasteiger partial charge in [-0.3, -0.25) is 4.79 Å². The summed E-state index contributed by atoms with van der Waals surface area (Å²) in [6.45, 7) is 1.15. The Morgan fingerprint density at radius 3 is 2.86 bits per heavy atom. The van der Waals surface area contributed by atoms with Crippen molar-refractivity contribution in [3.63, 3.8) is 0 Å². The van der Waals surface area contributed by atoms with Crippen molar-refractivity contribution in [2.24, 2.45) is 5.14 Å². The number of amides is 1. The number of likely N-dealkylation sites (tertiary alicyclic amines) is 1. The number of benzene rings is 1. The minimum absolute atomic E-state index is 0.0365. The average molecular weight is 312 g/mol. The topological polar surface area (TPSA) is 89.7 Å². The summed E-state index contributed by atoms with van der Waals surface area (Å²) in [5.41, 5.74) is 0.338. The van der Waals surface area contributed by atoms with E-state index in [-0.39, 0.29) is 16.8 Å². The molecule has 6 nitrogen and oxygen atoms in total. The van der Waals surface area contributed by atoms with Crippen LogP contribution in [0, 0.1) is 0 Å². The third-order valence-corrected chi connectivity index (χ3v) is 4.57. The fraction of sp³-hybridized carbons (Fsp3) is 0.500. The number of methoxy groups -OCH3 is 1. The SMILES string of the molecule is COC[C@H]1CCCCN1C(=O)c1cccc(S(N)(=O)=O)c1. The van der Waals surface area contributed by atoms with Gasteiger partial charge in [0.25, 0.3) is 5.91 Å². The van der Waals surface area contributed by atoms with Crippen LogP contribution in [0.2, 0.25) is 0 Å². The number of hydrogen-bond acceptors (Lipinski definition) is 4. The van der Waals surface area contributed by atoms with Crippen molar-refractivity contribution in [2.75, 3.05) is 20.3 Å². The van der Waals surface area contributed by atoms with E-state index in [1.165, 1.54) is 18.2 Å². The Kier molecular flexibility index (Phi) is 4.97. The number of ether oxygens (including phenoxy) is 1. The molecule has 1 atom stereocenters. The minimum Gasteiger partial charge on any atom is -0.383 e. The number of nitrogens with zero attached hydrogens (tertiary/aromatic N) is 1. The van der Waals surface area contributed by atoms with Gasteiger partial charge >= 0.3 is 0 Å². The number of carbonyl (C=O) groups excluding carboxylic acids is 1. The minimum atomic E-state index is -3.81. The van der Waals surface area contributed by atoms with E-state index in [2.05, 4.69) is 0 Å². The Morgan fingerprint density at radius 2 is 2.19 bits per heavy atom. The van der Waals surface area contributed by atoms with E-state index in [9.17, 15) is 13.2 Å². The maximum Gasteiger partial charge on any atom is 0.254 e. The first-order chi connectivity index (χ1) is 9.93. The Morgan fingerprint density at radius 1 is 1.43 bits per heavy atom. The normalized spacial score (nSPS) is 19.5. The second-order valence-electron chi connectivity index (χ2n) is 5.18. The molecule has 1 aromatic rings. The summed E-state index contributed by atoms with van der Waals surface area (Å²) in [6, 6.07) is 5.89. The van der Waals surface area contributed by atoms with Gasteiger partial charge in [-0.1, -0.05) is 6.07 Å². The van der Waals surface area contributed by atoms with Crippen LogP contribution >= 0.6 is 0 Å². The molecule has 2 rings (SSSR count). The van der Waals surface area contributed by atoms with Crippen molar-refractivity contribution in [3.05, 3.63) is 29.8 Å². The van der Waals surface area contributed by atoms with Crippen LogP contribution in [0.15, 0.2) is 29.2 Å². The molecule has 1 saturated heterocycles. The zero-order valence-corrected chi connectivity index (χ0v) is 12.8. The molecule has 0 saturated carbocycles. The van der Waals surface area contributed by atoms with Crippen molar-refractivity contribution in [3.8, 4) is 0 Å². The standard InChI is InChI=1S/C14H20N2O4S/c1-20-10-12-6-2-3-8-16(12)14(17)11-5-4-7-13(9-11)21(15,18)19/h4-5,7,9,12H,2-3,6,8,10H2,1H3,(H2,15,18,19)/t12-/m1/s1. The largest absolute Gasteiger partial charge is 0.383 e. The highest BCUT2D eigenvalue weighted by molar-refractivity contribution is 7.89. The van der Waals surface area contributed by atoms with Gasteiger partial charge < -0.3 is 9.64 Å². The van der Waals surface area contributed by atoms with Gasteiger partial charge in [0, 0.05) is 19.2 Å². The lowest BCUT2D eigenvalue weighted by Crippen LogP contribution is -2.46. The molecule has 1 fully saturated rings. The van der Waals surface area contributed by atoms with Crippen LogP contribution in [0.3, 0.4) is 0 Å². The third kappa shape index (κ3) is 3.81. The van der Waals surface area contributed by atoms with Crippen molar-refractivity contribution < 1.29 is 17.9 Å². The summed E-state index contributed by atoms with van der Waals surface area (Å²) in [5.74, 6) is -0.178. The van der Waals surface area contributed by atoms with Gasteiger partial charge in [-0.25, -0.2) is 13.6 Å². The number of rotatable bonds is 4. The fourth-order valence-corrected chi connectivity index (χ4v) is 3.16. The van der Waals surface area contributed by atoms with Gasteiger partial charge in [0.15, 0.2) is 0 Å². The van der Waals surface area contributed by atoms with Crippen LogP contribution in [0.25, 0.3) is 0 Å². The molecule has 1 aromatic carbocycles. The first kappa shape index (κ1) is 15.9. The van der Waals surface area contributed by atoms with E-state index in [0.717, 1.165) is 19.3 Å². The lowest BCUT2D eigenvalue weighted by molar-refractivity contribution is 0.0428. The van der Waals surface area contributed by atoms with Gasteiger partial charge in [-0.05, 0) is 37.5 Å². The quantitative estimate of drug-likeness (QED) is 0.897. The molecule has 1 aliphatic rings. The summed E-state index contributed by atoms with van der Waals surface area (Å²) < 4.78 is 27.9. The number of piperidine rings is 1. The summed E-state index contributed by atoms with van der Waals surface area (Å²) in [5, 5.41) is 5.11. The average Bonchev–Trinajstić information content (AvgIpc) is 2.47. The van der Waals surface area contributed by atoms with E-state index >= 15 is 0 Å². The van der Waals surface area contributed by atoms with Crippen LogP contribution in [0.4, 0.5) is 0 Å². The van der Waals surface area contributed by atoms with E-state index in [1.807, 2.05) is 0 Å². The Hall–Kier alpha value is -1.44. The van der Waals surface area contributed by atoms with E-state index in [0.29, 0.717) is 18.7 Å². The molecule has 21 heavy (non-hydrogen) atoms. The molecule has 0 aliphatic carbocycles. The molecule has 0 bridgehead atoms. The van der Waals surface area contributed by atoms with Gasteiger partial charge in [-0.2, -0.15) is 0 Å². The highest BCUT2D eigenvalue weighted by Gasteiger charge is 2.27. The maximum atomic E-state index is 12.6. The number of sulfonamides is 1. The van der Waals surface area contributed by atoms with Crippen LogP contribution in [-0.2, 0) is 14.8 Å². The summed E-state index contributed by atoms with van der Waals surface area (Å²) in [7, 11) is -2.20. The van der Waals surface area contributed by atoms with Crippen LogP contribution in [0.5, 0.6) is 0 Å². The predicted molar refractivity (Wildman–Crippen MR) is 78.4 cm³/mol. The number of nitrogens with two attached hydrogens (primary N) is 1. The summed E-state index contributed by atoms with van der Waals surface area (Å²) in [4.78, 5) is 14.3. The predicted octanol–water partition coefficient (Wildman–Crippen LogP) is 0.975. The lowest BCUT2D eigenvalue weighted by atomic mass is 10.0. The number of hydrogen-bond donors (Lipinski definition) is 1. The van der Waals surface area contributed by atoms with Gasteiger partial charge in [0.2, 0.25) is 10.0 Å². The number of primary sulfonamides is 1. The molecule has 0 radical (unpaired) electrons. The number of carbonyl (C=O) groups is 1. The van der Waals surface area contributed by atoms with Crippen molar-refractivity contribution in [2.45, 2.75) is 30.2 Å². The monoisotopic (exact) mass is 312 g/mol. The molecule has 7 heteroatoms. The summed E-state index contributed by atoms with van der Waals surface area (Å²) in [6.07, 6.45) is 2.91. The Balaban J connectivity index is 2.26. The Bertz CT molecular complexity index is 613. The van der Waals surface area contributed by atoms with Crippen molar-refractivity contribution in [1.82, 2.24) is 4.90 Å². The first-order valence-electron chi connectivity index (χ1n) is 6.86. The molecule has 0 aromatic heterocycles. The van der Waals surface area contributed by atoms with Crippen LogP contribution < -0.4 is 5.14 Å². The molecule has 1 heterocycles. The van der Waals surface area contributed by atoms with E-state index in [1.54, 1.807) is 18.1 Å². The zero-order valence-electron chi connectivity index (χ0n) is 12.0. The zero-order chi connectivity index (χ0) is 15.5. The lowest BCUT2D eigenvalue weighted by Gasteiger charge is -2.35. The smallest absolute Gasteiger partial charge is 0.254 e. The second-order valence-corrected chi connectivity index (χ2v) is 6.74. The van der Waals surface area contributed by atoms with E-state index in [4.69, 9.17) is 9.88 Å². The fourth-order valence-electron chi connectivity index (χ4n) is 2.61. The molecular formula is C14H20N2O4S. The van der Waals surface area contributed by atoms with Crippen LogP contribution in [0.1, 0.15) is 29.6 Å². The summed E-state index contributed by atoms with van der Waals surface area (Å²) >= 11 is 0. The second kappa shape index (κ2) is 6.55. The van der Waals surface area contributed by atoms with Crippen molar-refractivity contribution >= 4 is 15.9 Å². The first-order valence-corrected chi connectivity index (χ1v) is 8.41. The maximum absolute atomic E-state index is 12.6. The highest BCUT2D eigenvalue weighted by Crippen LogP contribution is 2.21. The molecule has 0 spiro atoms. The van der Waals surface area contributed by atoms with Crippen LogP contribution in [-0.4, -0.2) is 45.5 Å². The van der Waals surface area contributed by atoms with E-state index < -0.39 is 10.0 Å².